The Labute approximate surface area is 140 Å². The van der Waals surface area contributed by atoms with Gasteiger partial charge in [-0.25, -0.2) is 4.98 Å². The number of carbonyl (C=O) groups is 1. The number of aryl methyl sites for hydroxylation is 1. The molecule has 0 saturated heterocycles. The molecule has 1 aliphatic rings. The Morgan fingerprint density at radius 3 is 2.71 bits per heavy atom. The summed E-state index contributed by atoms with van der Waals surface area (Å²) >= 11 is 0. The first kappa shape index (κ1) is 16.4. The SMILES string of the molecule is COc1ccc([C@@H](NC(=O)c2cccnc2C)C2CC(O)C2)cn1. The zero-order valence-electron chi connectivity index (χ0n) is 13.8. The number of aliphatic hydroxyl groups excluding tert-OH is 1. The molecule has 1 amide bonds. The Hall–Kier alpha value is -2.47. The predicted octanol–water partition coefficient (Wildman–Crippen LogP) is 2.04. The summed E-state index contributed by atoms with van der Waals surface area (Å²) in [4.78, 5) is 21.0. The van der Waals surface area contributed by atoms with Crippen LogP contribution in [0.1, 0.15) is 40.5 Å². The van der Waals surface area contributed by atoms with Crippen molar-refractivity contribution in [3.63, 3.8) is 0 Å². The number of hydrogen-bond donors (Lipinski definition) is 2. The Bertz CT molecular complexity index is 712. The molecule has 2 N–H and O–H groups in total. The number of pyridine rings is 2. The summed E-state index contributed by atoms with van der Waals surface area (Å²) in [6.45, 7) is 1.81. The fourth-order valence-corrected chi connectivity index (χ4v) is 3.02. The van der Waals surface area contributed by atoms with Crippen molar-refractivity contribution in [3.05, 3.63) is 53.5 Å². The van der Waals surface area contributed by atoms with E-state index in [4.69, 9.17) is 4.74 Å². The average Bonchev–Trinajstić information content (AvgIpc) is 2.57. The average molecular weight is 327 g/mol. The standard InChI is InChI=1S/C18H21N3O3/c1-11-15(4-3-7-19-11)18(23)21-17(13-8-14(22)9-13)12-5-6-16(24-2)20-10-12/h3-7,10,13-14,17,22H,8-9H2,1-2H3,(H,21,23)/t13?,14?,17-/m1/s1. The number of ether oxygens (including phenoxy) is 1. The minimum Gasteiger partial charge on any atom is -0.481 e. The molecule has 2 heterocycles. The molecule has 24 heavy (non-hydrogen) atoms. The summed E-state index contributed by atoms with van der Waals surface area (Å²) in [5, 5.41) is 12.7. The van der Waals surface area contributed by atoms with Crippen molar-refractivity contribution in [2.75, 3.05) is 7.11 Å². The monoisotopic (exact) mass is 327 g/mol. The molecule has 0 radical (unpaired) electrons. The van der Waals surface area contributed by atoms with Gasteiger partial charge in [-0.2, -0.15) is 0 Å². The number of nitrogens with zero attached hydrogens (tertiary/aromatic N) is 2. The van der Waals surface area contributed by atoms with Crippen molar-refractivity contribution in [1.29, 1.82) is 0 Å². The summed E-state index contributed by atoms with van der Waals surface area (Å²) in [5.74, 6) is 0.555. The topological polar surface area (TPSA) is 84.3 Å². The molecular formula is C18H21N3O3. The number of methoxy groups -OCH3 is 1. The van der Waals surface area contributed by atoms with Crippen LogP contribution < -0.4 is 10.1 Å². The lowest BCUT2D eigenvalue weighted by atomic mass is 9.75. The first-order chi connectivity index (χ1) is 11.6. The van der Waals surface area contributed by atoms with Crippen LogP contribution in [0, 0.1) is 12.8 Å². The van der Waals surface area contributed by atoms with Gasteiger partial charge in [-0.3, -0.25) is 9.78 Å². The van der Waals surface area contributed by atoms with Crippen LogP contribution in [0.25, 0.3) is 0 Å². The molecule has 0 aromatic carbocycles. The molecular weight excluding hydrogens is 306 g/mol. The Balaban J connectivity index is 1.82. The third-order valence-corrected chi connectivity index (χ3v) is 4.49. The molecule has 1 fully saturated rings. The van der Waals surface area contributed by atoms with Gasteiger partial charge in [0.1, 0.15) is 0 Å². The lowest BCUT2D eigenvalue weighted by Gasteiger charge is -2.38. The first-order valence-corrected chi connectivity index (χ1v) is 7.99. The van der Waals surface area contributed by atoms with Crippen molar-refractivity contribution >= 4 is 5.91 Å². The molecule has 3 rings (SSSR count). The lowest BCUT2D eigenvalue weighted by molar-refractivity contribution is 0.0234. The van der Waals surface area contributed by atoms with E-state index >= 15 is 0 Å². The van der Waals surface area contributed by atoms with Crippen LogP contribution in [0.2, 0.25) is 0 Å². The van der Waals surface area contributed by atoms with E-state index in [0.717, 1.165) is 5.56 Å². The fourth-order valence-electron chi connectivity index (χ4n) is 3.02. The molecule has 2 aromatic rings. The molecule has 6 nitrogen and oxygen atoms in total. The van der Waals surface area contributed by atoms with Gasteiger partial charge < -0.3 is 15.2 Å². The highest BCUT2D eigenvalue weighted by atomic mass is 16.5. The van der Waals surface area contributed by atoms with Gasteiger partial charge in [-0.05, 0) is 43.4 Å². The minimum absolute atomic E-state index is 0.164. The summed E-state index contributed by atoms with van der Waals surface area (Å²) in [6, 6.07) is 6.99. The molecule has 0 unspecified atom stereocenters. The third kappa shape index (κ3) is 3.38. The molecule has 126 valence electrons. The summed E-state index contributed by atoms with van der Waals surface area (Å²) < 4.78 is 5.09. The van der Waals surface area contributed by atoms with Gasteiger partial charge in [0.25, 0.3) is 5.91 Å². The number of aliphatic hydroxyl groups is 1. The highest BCUT2D eigenvalue weighted by Gasteiger charge is 2.36. The molecule has 6 heteroatoms. The zero-order valence-corrected chi connectivity index (χ0v) is 13.8. The van der Waals surface area contributed by atoms with E-state index in [-0.39, 0.29) is 24.0 Å². The van der Waals surface area contributed by atoms with E-state index in [1.165, 1.54) is 0 Å². The number of amides is 1. The van der Waals surface area contributed by atoms with Gasteiger partial charge >= 0.3 is 0 Å². The van der Waals surface area contributed by atoms with Gasteiger partial charge in [0.2, 0.25) is 5.88 Å². The van der Waals surface area contributed by atoms with E-state index in [2.05, 4.69) is 15.3 Å². The highest BCUT2D eigenvalue weighted by Crippen LogP contribution is 2.38. The molecule has 1 saturated carbocycles. The molecule has 0 aliphatic heterocycles. The molecule has 1 atom stereocenters. The fraction of sp³-hybridized carbons (Fsp3) is 0.389. The van der Waals surface area contributed by atoms with E-state index < -0.39 is 0 Å². The Kier molecular flexibility index (Phi) is 4.76. The van der Waals surface area contributed by atoms with Crippen LogP contribution >= 0.6 is 0 Å². The number of nitrogens with one attached hydrogen (secondary N) is 1. The quantitative estimate of drug-likeness (QED) is 0.878. The van der Waals surface area contributed by atoms with Crippen molar-refractivity contribution < 1.29 is 14.6 Å². The summed E-state index contributed by atoms with van der Waals surface area (Å²) in [7, 11) is 1.56. The van der Waals surface area contributed by atoms with Crippen LogP contribution in [0.4, 0.5) is 0 Å². The van der Waals surface area contributed by atoms with E-state index in [1.807, 2.05) is 13.0 Å². The van der Waals surface area contributed by atoms with Crippen LogP contribution in [-0.4, -0.2) is 34.2 Å². The van der Waals surface area contributed by atoms with Crippen molar-refractivity contribution in [1.82, 2.24) is 15.3 Å². The lowest BCUT2D eigenvalue weighted by Crippen LogP contribution is -2.41. The number of carbonyl (C=O) groups excluding carboxylic acids is 1. The van der Waals surface area contributed by atoms with E-state index in [1.54, 1.807) is 37.7 Å². The molecule has 0 spiro atoms. The van der Waals surface area contributed by atoms with E-state index in [0.29, 0.717) is 30.0 Å². The number of hydrogen-bond acceptors (Lipinski definition) is 5. The predicted molar refractivity (Wildman–Crippen MR) is 88.7 cm³/mol. The van der Waals surface area contributed by atoms with E-state index in [9.17, 15) is 9.90 Å². The number of rotatable bonds is 5. The van der Waals surface area contributed by atoms with Crippen molar-refractivity contribution in [2.24, 2.45) is 5.92 Å². The second-order valence-electron chi connectivity index (χ2n) is 6.11. The normalized spacial score (nSPS) is 20.8. The molecule has 2 aromatic heterocycles. The van der Waals surface area contributed by atoms with Gasteiger partial charge in [0.05, 0.1) is 24.8 Å². The smallest absolute Gasteiger partial charge is 0.253 e. The minimum atomic E-state index is -0.291. The van der Waals surface area contributed by atoms with Crippen molar-refractivity contribution in [2.45, 2.75) is 31.9 Å². The van der Waals surface area contributed by atoms with Gasteiger partial charge in [-0.15, -0.1) is 0 Å². The maximum Gasteiger partial charge on any atom is 0.253 e. The van der Waals surface area contributed by atoms with Gasteiger partial charge in [-0.1, -0.05) is 6.07 Å². The largest absolute Gasteiger partial charge is 0.481 e. The van der Waals surface area contributed by atoms with Crippen LogP contribution in [0.15, 0.2) is 36.7 Å². The summed E-state index contributed by atoms with van der Waals surface area (Å²) in [6.07, 6.45) is 4.43. The van der Waals surface area contributed by atoms with Gasteiger partial charge in [0, 0.05) is 24.2 Å². The Morgan fingerprint density at radius 2 is 2.12 bits per heavy atom. The third-order valence-electron chi connectivity index (χ3n) is 4.49. The van der Waals surface area contributed by atoms with Crippen LogP contribution in [0.5, 0.6) is 5.88 Å². The zero-order chi connectivity index (χ0) is 17.1. The highest BCUT2D eigenvalue weighted by molar-refractivity contribution is 5.95. The Morgan fingerprint density at radius 1 is 1.33 bits per heavy atom. The van der Waals surface area contributed by atoms with Crippen LogP contribution in [-0.2, 0) is 0 Å². The van der Waals surface area contributed by atoms with Gasteiger partial charge in [0.15, 0.2) is 0 Å². The maximum atomic E-state index is 12.6. The van der Waals surface area contributed by atoms with Crippen LogP contribution in [0.3, 0.4) is 0 Å². The van der Waals surface area contributed by atoms with Crippen molar-refractivity contribution in [3.8, 4) is 5.88 Å². The second-order valence-corrected chi connectivity index (χ2v) is 6.11. The maximum absolute atomic E-state index is 12.6. The summed E-state index contributed by atoms with van der Waals surface area (Å²) in [5.41, 5.74) is 2.15. The second kappa shape index (κ2) is 6.97. The molecule has 1 aliphatic carbocycles. The molecule has 0 bridgehead atoms. The first-order valence-electron chi connectivity index (χ1n) is 7.99. The number of aromatic nitrogens is 2.